The summed E-state index contributed by atoms with van der Waals surface area (Å²) in [6, 6.07) is 3.68. The van der Waals surface area contributed by atoms with Crippen molar-refractivity contribution >= 4 is 5.78 Å². The molecule has 0 atom stereocenters. The normalized spacial score (nSPS) is 18.9. The number of hydrogen-bond acceptors (Lipinski definition) is 3. The van der Waals surface area contributed by atoms with Gasteiger partial charge in [-0.25, -0.2) is 0 Å². The SMILES string of the molecule is C/C=C1/C(=O)c2cc(OC)c(OC)cc2C1(C)C. The first-order chi connectivity index (χ1) is 8.47. The Hall–Kier alpha value is -1.77. The first-order valence-electron chi connectivity index (χ1n) is 5.95. The maximum Gasteiger partial charge on any atom is 0.190 e. The second-order valence-corrected chi connectivity index (χ2v) is 4.91. The first-order valence-corrected chi connectivity index (χ1v) is 5.95. The Morgan fingerprint density at radius 1 is 1.11 bits per heavy atom. The van der Waals surface area contributed by atoms with Crippen molar-refractivity contribution in [2.75, 3.05) is 14.2 Å². The van der Waals surface area contributed by atoms with Crippen molar-refractivity contribution in [2.45, 2.75) is 26.2 Å². The van der Waals surface area contributed by atoms with Gasteiger partial charge in [-0.15, -0.1) is 0 Å². The van der Waals surface area contributed by atoms with E-state index >= 15 is 0 Å². The summed E-state index contributed by atoms with van der Waals surface area (Å²) >= 11 is 0. The number of hydrogen-bond donors (Lipinski definition) is 0. The lowest BCUT2D eigenvalue weighted by Crippen LogP contribution is -2.16. The van der Waals surface area contributed by atoms with Crippen molar-refractivity contribution in [3.63, 3.8) is 0 Å². The van der Waals surface area contributed by atoms with Gasteiger partial charge in [-0.05, 0) is 24.6 Å². The van der Waals surface area contributed by atoms with Crippen molar-refractivity contribution in [3.8, 4) is 11.5 Å². The Balaban J connectivity index is 2.73. The number of Topliss-reactive ketones (excluding diaryl/α,β-unsaturated/α-hetero) is 1. The average molecular weight is 246 g/mol. The highest BCUT2D eigenvalue weighted by molar-refractivity contribution is 6.15. The number of ketones is 1. The van der Waals surface area contributed by atoms with Gasteiger partial charge in [-0.1, -0.05) is 19.9 Å². The van der Waals surface area contributed by atoms with E-state index in [1.807, 2.05) is 19.1 Å². The maximum atomic E-state index is 12.3. The van der Waals surface area contributed by atoms with Crippen molar-refractivity contribution in [2.24, 2.45) is 0 Å². The zero-order chi connectivity index (χ0) is 13.5. The lowest BCUT2D eigenvalue weighted by atomic mass is 9.82. The van der Waals surface area contributed by atoms with E-state index in [9.17, 15) is 4.79 Å². The van der Waals surface area contributed by atoms with Crippen LogP contribution in [0.5, 0.6) is 11.5 Å². The lowest BCUT2D eigenvalue weighted by Gasteiger charge is -2.21. The number of rotatable bonds is 2. The van der Waals surface area contributed by atoms with Crippen LogP contribution in [0.1, 0.15) is 36.7 Å². The van der Waals surface area contributed by atoms with E-state index in [1.165, 1.54) is 0 Å². The van der Waals surface area contributed by atoms with Gasteiger partial charge in [0.25, 0.3) is 0 Å². The molecule has 96 valence electrons. The van der Waals surface area contributed by atoms with Gasteiger partial charge < -0.3 is 9.47 Å². The lowest BCUT2D eigenvalue weighted by molar-refractivity contribution is 0.103. The zero-order valence-corrected chi connectivity index (χ0v) is 11.5. The van der Waals surface area contributed by atoms with Crippen LogP contribution in [-0.2, 0) is 5.41 Å². The minimum absolute atomic E-state index is 0.0819. The van der Waals surface area contributed by atoms with Crippen LogP contribution in [0.3, 0.4) is 0 Å². The summed E-state index contributed by atoms with van der Waals surface area (Å²) in [5, 5.41) is 0. The van der Waals surface area contributed by atoms with Gasteiger partial charge in [0.1, 0.15) is 0 Å². The Morgan fingerprint density at radius 3 is 2.17 bits per heavy atom. The Morgan fingerprint density at radius 2 is 1.67 bits per heavy atom. The third-order valence-electron chi connectivity index (χ3n) is 3.65. The second-order valence-electron chi connectivity index (χ2n) is 4.91. The molecule has 1 aliphatic rings. The molecular weight excluding hydrogens is 228 g/mol. The molecule has 0 radical (unpaired) electrons. The van der Waals surface area contributed by atoms with Crippen LogP contribution in [0.25, 0.3) is 0 Å². The molecule has 1 aromatic rings. The summed E-state index contributed by atoms with van der Waals surface area (Å²) in [7, 11) is 3.18. The van der Waals surface area contributed by atoms with E-state index in [0.29, 0.717) is 17.1 Å². The first kappa shape index (κ1) is 12.7. The zero-order valence-electron chi connectivity index (χ0n) is 11.5. The minimum atomic E-state index is -0.277. The molecule has 0 amide bonds. The predicted octanol–water partition coefficient (Wildman–Crippen LogP) is 3.12. The van der Waals surface area contributed by atoms with E-state index in [2.05, 4.69) is 13.8 Å². The number of methoxy groups -OCH3 is 2. The maximum absolute atomic E-state index is 12.3. The fraction of sp³-hybridized carbons (Fsp3) is 0.400. The van der Waals surface area contributed by atoms with Crippen LogP contribution < -0.4 is 9.47 Å². The largest absolute Gasteiger partial charge is 0.493 e. The highest BCUT2D eigenvalue weighted by Gasteiger charge is 2.41. The number of fused-ring (bicyclic) bond motifs is 1. The molecule has 3 nitrogen and oxygen atoms in total. The highest BCUT2D eigenvalue weighted by Crippen LogP contribution is 2.46. The van der Waals surface area contributed by atoms with Crippen LogP contribution in [0.4, 0.5) is 0 Å². The third kappa shape index (κ3) is 1.54. The summed E-state index contributed by atoms with van der Waals surface area (Å²) in [5.74, 6) is 1.34. The Kier molecular flexibility index (Phi) is 2.93. The van der Waals surface area contributed by atoms with Crippen LogP contribution in [-0.4, -0.2) is 20.0 Å². The summed E-state index contributed by atoms with van der Waals surface area (Å²) in [6.45, 7) is 6.01. The molecule has 18 heavy (non-hydrogen) atoms. The van der Waals surface area contributed by atoms with Crippen LogP contribution >= 0.6 is 0 Å². The standard InChI is InChI=1S/C15H18O3/c1-6-10-14(16)9-7-12(17-4)13(18-5)8-11(9)15(10,2)3/h6-8H,1-5H3/b10-6-. The predicted molar refractivity (Wildman–Crippen MR) is 70.7 cm³/mol. The molecule has 0 saturated heterocycles. The quantitative estimate of drug-likeness (QED) is 0.752. The number of ether oxygens (including phenoxy) is 2. The molecule has 3 heteroatoms. The van der Waals surface area contributed by atoms with Gasteiger partial charge in [-0.2, -0.15) is 0 Å². The molecule has 0 bridgehead atoms. The molecule has 0 saturated carbocycles. The number of allylic oxidation sites excluding steroid dienone is 2. The molecule has 0 aliphatic heterocycles. The molecule has 1 aromatic carbocycles. The van der Waals surface area contributed by atoms with Crippen LogP contribution in [0.15, 0.2) is 23.8 Å². The number of benzene rings is 1. The fourth-order valence-electron chi connectivity index (χ4n) is 2.65. The highest BCUT2D eigenvalue weighted by atomic mass is 16.5. The van der Waals surface area contributed by atoms with E-state index in [4.69, 9.17) is 9.47 Å². The fourth-order valence-corrected chi connectivity index (χ4v) is 2.65. The van der Waals surface area contributed by atoms with E-state index in [1.54, 1.807) is 20.3 Å². The van der Waals surface area contributed by atoms with Gasteiger partial charge in [0.2, 0.25) is 0 Å². The van der Waals surface area contributed by atoms with E-state index < -0.39 is 0 Å². The van der Waals surface area contributed by atoms with Crippen molar-refractivity contribution in [3.05, 3.63) is 34.9 Å². The molecule has 0 heterocycles. The molecule has 0 N–H and O–H groups in total. The average Bonchev–Trinajstić information content (AvgIpc) is 2.55. The Labute approximate surface area is 107 Å². The summed E-state index contributed by atoms with van der Waals surface area (Å²) in [5.41, 5.74) is 2.26. The third-order valence-corrected chi connectivity index (χ3v) is 3.65. The second kappa shape index (κ2) is 4.16. The van der Waals surface area contributed by atoms with Crippen molar-refractivity contribution in [1.29, 1.82) is 0 Å². The molecule has 0 unspecified atom stereocenters. The molecule has 0 aromatic heterocycles. The summed E-state index contributed by atoms with van der Waals surface area (Å²) < 4.78 is 10.6. The smallest absolute Gasteiger partial charge is 0.190 e. The summed E-state index contributed by atoms with van der Waals surface area (Å²) in [6.07, 6.45) is 1.89. The van der Waals surface area contributed by atoms with Gasteiger partial charge in [0, 0.05) is 16.6 Å². The van der Waals surface area contributed by atoms with Crippen LogP contribution in [0.2, 0.25) is 0 Å². The van der Waals surface area contributed by atoms with Gasteiger partial charge in [0.15, 0.2) is 17.3 Å². The molecule has 2 rings (SSSR count). The summed E-state index contributed by atoms with van der Waals surface area (Å²) in [4.78, 5) is 12.3. The van der Waals surface area contributed by atoms with E-state index in [0.717, 1.165) is 11.1 Å². The van der Waals surface area contributed by atoms with Gasteiger partial charge in [-0.3, -0.25) is 4.79 Å². The van der Waals surface area contributed by atoms with E-state index in [-0.39, 0.29) is 11.2 Å². The Bertz CT molecular complexity index is 539. The minimum Gasteiger partial charge on any atom is -0.493 e. The van der Waals surface area contributed by atoms with Crippen molar-refractivity contribution < 1.29 is 14.3 Å². The number of carbonyl (C=O) groups excluding carboxylic acids is 1. The molecule has 1 aliphatic carbocycles. The monoisotopic (exact) mass is 246 g/mol. The molecule has 0 spiro atoms. The molecular formula is C15H18O3. The number of carbonyl (C=O) groups is 1. The van der Waals surface area contributed by atoms with Crippen molar-refractivity contribution in [1.82, 2.24) is 0 Å². The molecule has 0 fully saturated rings. The van der Waals surface area contributed by atoms with Gasteiger partial charge >= 0.3 is 0 Å². The van der Waals surface area contributed by atoms with Gasteiger partial charge in [0.05, 0.1) is 14.2 Å². The van der Waals surface area contributed by atoms with Crippen LogP contribution in [0, 0.1) is 0 Å². The topological polar surface area (TPSA) is 35.5 Å².